The van der Waals surface area contributed by atoms with Gasteiger partial charge >= 0.3 is 0 Å². The van der Waals surface area contributed by atoms with Crippen molar-refractivity contribution in [3.05, 3.63) is 47.5 Å². The lowest BCUT2D eigenvalue weighted by atomic mass is 9.96. The molecule has 6 nitrogen and oxygen atoms in total. The van der Waals surface area contributed by atoms with E-state index in [2.05, 4.69) is 21.3 Å². The molecule has 24 heavy (non-hydrogen) atoms. The van der Waals surface area contributed by atoms with Gasteiger partial charge in [-0.05, 0) is 38.0 Å². The van der Waals surface area contributed by atoms with E-state index in [1.54, 1.807) is 0 Å². The predicted octanol–water partition coefficient (Wildman–Crippen LogP) is 1.97. The van der Waals surface area contributed by atoms with Gasteiger partial charge in [0.15, 0.2) is 0 Å². The van der Waals surface area contributed by atoms with Crippen molar-refractivity contribution >= 4 is 11.7 Å². The first-order valence-electron chi connectivity index (χ1n) is 8.37. The Morgan fingerprint density at radius 3 is 2.79 bits per heavy atom. The first-order valence-corrected chi connectivity index (χ1v) is 8.37. The fraction of sp³-hybridized carbons (Fsp3) is 0.444. The number of furan rings is 1. The lowest BCUT2D eigenvalue weighted by molar-refractivity contribution is -0.122. The van der Waals surface area contributed by atoms with Crippen molar-refractivity contribution in [2.45, 2.75) is 32.9 Å². The van der Waals surface area contributed by atoms with E-state index in [-0.39, 0.29) is 11.8 Å². The summed E-state index contributed by atoms with van der Waals surface area (Å²) in [5.74, 6) is 2.65. The Morgan fingerprint density at radius 2 is 2.12 bits per heavy atom. The largest absolute Gasteiger partial charge is 0.465 e. The first kappa shape index (κ1) is 16.5. The summed E-state index contributed by atoms with van der Waals surface area (Å²) in [5, 5.41) is 3.40. The van der Waals surface area contributed by atoms with Gasteiger partial charge in [0.1, 0.15) is 17.3 Å². The van der Waals surface area contributed by atoms with Crippen LogP contribution in [0.2, 0.25) is 0 Å². The summed E-state index contributed by atoms with van der Waals surface area (Å²) >= 11 is 0. The minimum atomic E-state index is -0.189. The summed E-state index contributed by atoms with van der Waals surface area (Å²) in [6.07, 6.45) is 3.41. The Morgan fingerprint density at radius 1 is 1.33 bits per heavy atom. The average Bonchev–Trinajstić information content (AvgIpc) is 3.01. The number of primary amides is 1. The summed E-state index contributed by atoms with van der Waals surface area (Å²) in [4.78, 5) is 18.1. The highest BCUT2D eigenvalue weighted by Gasteiger charge is 2.24. The number of carbonyl (C=O) groups is 1. The third-order valence-electron chi connectivity index (χ3n) is 4.48. The van der Waals surface area contributed by atoms with E-state index in [0.717, 1.165) is 55.4 Å². The zero-order chi connectivity index (χ0) is 16.9. The van der Waals surface area contributed by atoms with E-state index < -0.39 is 0 Å². The molecule has 1 aliphatic heterocycles. The molecule has 2 aromatic rings. The number of aryl methyl sites for hydroxylation is 1. The van der Waals surface area contributed by atoms with Crippen LogP contribution in [0.5, 0.6) is 0 Å². The zero-order valence-corrected chi connectivity index (χ0v) is 14.0. The second-order valence-electron chi connectivity index (χ2n) is 6.27. The van der Waals surface area contributed by atoms with Gasteiger partial charge in [-0.3, -0.25) is 4.79 Å². The lowest BCUT2D eigenvalue weighted by Crippen LogP contribution is -2.39. The number of carbonyl (C=O) groups excluding carboxylic acids is 1. The Hall–Kier alpha value is -2.34. The van der Waals surface area contributed by atoms with Gasteiger partial charge in [0, 0.05) is 37.3 Å². The zero-order valence-electron chi connectivity index (χ0n) is 14.0. The number of hydrogen-bond acceptors (Lipinski definition) is 5. The van der Waals surface area contributed by atoms with Gasteiger partial charge in [-0.2, -0.15) is 0 Å². The maximum atomic E-state index is 11.3. The number of piperidine rings is 1. The lowest BCUT2D eigenvalue weighted by Gasteiger charge is -2.32. The molecule has 3 heterocycles. The van der Waals surface area contributed by atoms with Crippen LogP contribution in [-0.2, 0) is 17.9 Å². The van der Waals surface area contributed by atoms with Gasteiger partial charge in [-0.15, -0.1) is 0 Å². The Bertz CT molecular complexity index is 690. The number of anilines is 1. The highest BCUT2D eigenvalue weighted by atomic mass is 16.3. The molecule has 3 N–H and O–H groups in total. The molecule has 0 spiro atoms. The molecule has 1 aliphatic rings. The van der Waals surface area contributed by atoms with Crippen LogP contribution in [0.25, 0.3) is 0 Å². The molecule has 0 saturated carbocycles. The maximum Gasteiger partial charge on any atom is 0.220 e. The van der Waals surface area contributed by atoms with Crippen molar-refractivity contribution in [3.8, 4) is 0 Å². The number of aromatic nitrogens is 1. The van der Waals surface area contributed by atoms with E-state index in [1.165, 1.54) is 0 Å². The van der Waals surface area contributed by atoms with Crippen LogP contribution in [0.4, 0.5) is 5.82 Å². The van der Waals surface area contributed by atoms with Gasteiger partial charge in [0.05, 0.1) is 6.54 Å². The van der Waals surface area contributed by atoms with Crippen molar-refractivity contribution in [2.75, 3.05) is 18.0 Å². The van der Waals surface area contributed by atoms with Crippen LogP contribution in [-0.4, -0.2) is 24.0 Å². The Labute approximate surface area is 142 Å². The van der Waals surface area contributed by atoms with Crippen molar-refractivity contribution in [3.63, 3.8) is 0 Å². The Balaban J connectivity index is 1.60. The molecule has 3 rings (SSSR count). The number of pyridine rings is 1. The summed E-state index contributed by atoms with van der Waals surface area (Å²) in [6, 6.07) is 7.99. The summed E-state index contributed by atoms with van der Waals surface area (Å²) in [5.41, 5.74) is 6.56. The molecule has 1 saturated heterocycles. The molecule has 0 unspecified atom stereocenters. The topological polar surface area (TPSA) is 84.4 Å². The number of hydrogen-bond donors (Lipinski definition) is 2. The molecule has 0 aromatic carbocycles. The van der Waals surface area contributed by atoms with Crippen LogP contribution in [0.3, 0.4) is 0 Å². The molecular weight excluding hydrogens is 304 g/mol. The van der Waals surface area contributed by atoms with Gasteiger partial charge in [0.2, 0.25) is 5.91 Å². The van der Waals surface area contributed by atoms with Crippen LogP contribution in [0.1, 0.15) is 29.9 Å². The molecule has 1 amide bonds. The second-order valence-corrected chi connectivity index (χ2v) is 6.27. The number of nitrogens with one attached hydrogen (secondary N) is 1. The number of nitrogens with zero attached hydrogens (tertiary/aromatic N) is 2. The third kappa shape index (κ3) is 3.94. The highest BCUT2D eigenvalue weighted by molar-refractivity contribution is 5.77. The fourth-order valence-electron chi connectivity index (χ4n) is 3.13. The van der Waals surface area contributed by atoms with Crippen molar-refractivity contribution < 1.29 is 9.21 Å². The fourth-order valence-corrected chi connectivity index (χ4v) is 3.13. The summed E-state index contributed by atoms with van der Waals surface area (Å²) in [6.45, 7) is 4.98. The standard InChI is InChI=1S/C18H24N4O2/c1-13-4-5-16(24-13)12-20-11-15-3-2-8-21-18(15)22-9-6-14(7-10-22)17(19)23/h2-5,8,14,20H,6-7,9-12H2,1H3,(H2,19,23). The van der Waals surface area contributed by atoms with Gasteiger partial charge in [-0.1, -0.05) is 6.07 Å². The molecule has 0 radical (unpaired) electrons. The molecule has 1 fully saturated rings. The van der Waals surface area contributed by atoms with E-state index >= 15 is 0 Å². The van der Waals surface area contributed by atoms with E-state index in [0.29, 0.717) is 6.54 Å². The molecular formula is C18H24N4O2. The summed E-state index contributed by atoms with van der Waals surface area (Å²) < 4.78 is 5.57. The van der Waals surface area contributed by atoms with Gasteiger partial charge in [0.25, 0.3) is 0 Å². The second kappa shape index (κ2) is 7.49. The SMILES string of the molecule is Cc1ccc(CNCc2cccnc2N2CCC(C(N)=O)CC2)o1. The third-order valence-corrected chi connectivity index (χ3v) is 4.48. The summed E-state index contributed by atoms with van der Waals surface area (Å²) in [7, 11) is 0. The van der Waals surface area contributed by atoms with Crippen LogP contribution in [0, 0.1) is 12.8 Å². The van der Waals surface area contributed by atoms with Gasteiger partial charge < -0.3 is 20.4 Å². The normalized spacial score (nSPS) is 15.6. The molecule has 0 bridgehead atoms. The molecule has 0 aliphatic carbocycles. The van der Waals surface area contributed by atoms with Crippen molar-refractivity contribution in [2.24, 2.45) is 11.7 Å². The highest BCUT2D eigenvalue weighted by Crippen LogP contribution is 2.24. The van der Waals surface area contributed by atoms with Gasteiger partial charge in [-0.25, -0.2) is 4.98 Å². The molecule has 0 atom stereocenters. The van der Waals surface area contributed by atoms with E-state index in [4.69, 9.17) is 10.2 Å². The van der Waals surface area contributed by atoms with Crippen LogP contribution >= 0.6 is 0 Å². The predicted molar refractivity (Wildman–Crippen MR) is 92.4 cm³/mol. The first-order chi connectivity index (χ1) is 11.6. The number of amides is 1. The smallest absolute Gasteiger partial charge is 0.220 e. The maximum absolute atomic E-state index is 11.3. The quantitative estimate of drug-likeness (QED) is 0.847. The molecule has 2 aromatic heterocycles. The number of nitrogens with two attached hydrogens (primary N) is 1. The average molecular weight is 328 g/mol. The van der Waals surface area contributed by atoms with Crippen molar-refractivity contribution in [1.29, 1.82) is 0 Å². The van der Waals surface area contributed by atoms with Crippen LogP contribution < -0.4 is 16.0 Å². The van der Waals surface area contributed by atoms with Crippen molar-refractivity contribution in [1.82, 2.24) is 10.3 Å². The minimum Gasteiger partial charge on any atom is -0.465 e. The molecule has 128 valence electrons. The van der Waals surface area contributed by atoms with E-state index in [1.807, 2.05) is 31.3 Å². The minimum absolute atomic E-state index is 0.00581. The molecule has 6 heteroatoms. The van der Waals surface area contributed by atoms with Crippen LogP contribution in [0.15, 0.2) is 34.9 Å². The monoisotopic (exact) mass is 328 g/mol. The van der Waals surface area contributed by atoms with E-state index in [9.17, 15) is 4.79 Å². The number of rotatable bonds is 6. The Kier molecular flexibility index (Phi) is 5.15.